The molecule has 1 unspecified atom stereocenters. The van der Waals surface area contributed by atoms with E-state index in [0.29, 0.717) is 17.9 Å². The Hall–Kier alpha value is -3.32. The highest BCUT2D eigenvalue weighted by Gasteiger charge is 2.28. The minimum Gasteiger partial charge on any atom is -0.449 e. The number of hydrogen-bond donors (Lipinski definition) is 1. The van der Waals surface area contributed by atoms with Crippen LogP contribution in [0.1, 0.15) is 47.4 Å². The van der Waals surface area contributed by atoms with E-state index in [-0.39, 0.29) is 0 Å². The van der Waals surface area contributed by atoms with Crippen LogP contribution >= 0.6 is 0 Å². The molecule has 3 aromatic rings. The molecule has 166 valence electrons. The van der Waals surface area contributed by atoms with Gasteiger partial charge in [-0.25, -0.2) is 9.78 Å². The van der Waals surface area contributed by atoms with Gasteiger partial charge in [-0.3, -0.25) is 14.7 Å². The van der Waals surface area contributed by atoms with Gasteiger partial charge >= 0.3 is 5.97 Å². The van der Waals surface area contributed by atoms with Gasteiger partial charge < -0.3 is 10.1 Å². The number of pyridine rings is 2. The molecule has 0 radical (unpaired) electrons. The third-order valence-electron chi connectivity index (χ3n) is 5.77. The molecule has 1 aliphatic heterocycles. The summed E-state index contributed by atoms with van der Waals surface area (Å²) in [6.07, 6.45) is 2.47. The molecule has 1 aliphatic rings. The predicted octanol–water partition coefficient (Wildman–Crippen LogP) is 3.89. The fraction of sp³-hybridized carbons (Fsp3) is 0.360. The van der Waals surface area contributed by atoms with Gasteiger partial charge in [-0.2, -0.15) is 0 Å². The van der Waals surface area contributed by atoms with E-state index in [1.54, 1.807) is 19.2 Å². The van der Waals surface area contributed by atoms with Gasteiger partial charge in [0.25, 0.3) is 5.91 Å². The summed E-state index contributed by atoms with van der Waals surface area (Å²) >= 11 is 0. The topological polar surface area (TPSA) is 84.4 Å². The Labute approximate surface area is 187 Å². The largest absolute Gasteiger partial charge is 0.449 e. The van der Waals surface area contributed by atoms with Crippen LogP contribution in [0.25, 0.3) is 10.9 Å². The number of anilines is 1. The average molecular weight is 433 g/mol. The zero-order chi connectivity index (χ0) is 22.7. The van der Waals surface area contributed by atoms with Crippen LogP contribution in [0.2, 0.25) is 0 Å². The summed E-state index contributed by atoms with van der Waals surface area (Å²) in [5, 5.41) is 3.49. The van der Waals surface area contributed by atoms with Crippen molar-refractivity contribution in [2.75, 3.05) is 18.4 Å². The third-order valence-corrected chi connectivity index (χ3v) is 5.77. The SMILES string of the molecule is CCCN1CCc2nc3ccccc3c(C(=O)OC(C)C(=O)Nc3ncccc3C)c2C1. The van der Waals surface area contributed by atoms with Crippen LogP contribution in [0.4, 0.5) is 5.82 Å². The van der Waals surface area contributed by atoms with Crippen LogP contribution < -0.4 is 5.32 Å². The number of nitrogens with zero attached hydrogens (tertiary/aromatic N) is 3. The number of amides is 1. The number of hydrogen-bond acceptors (Lipinski definition) is 6. The van der Waals surface area contributed by atoms with Crippen LogP contribution in [0.3, 0.4) is 0 Å². The Bertz CT molecular complexity index is 1160. The second kappa shape index (κ2) is 9.44. The van der Waals surface area contributed by atoms with Gasteiger partial charge in [0.2, 0.25) is 0 Å². The molecule has 0 spiro atoms. The van der Waals surface area contributed by atoms with E-state index < -0.39 is 18.0 Å². The van der Waals surface area contributed by atoms with Crippen LogP contribution in [-0.4, -0.2) is 45.9 Å². The van der Waals surface area contributed by atoms with E-state index >= 15 is 0 Å². The molecule has 7 nitrogen and oxygen atoms in total. The Morgan fingerprint density at radius 3 is 2.81 bits per heavy atom. The summed E-state index contributed by atoms with van der Waals surface area (Å²) in [5.41, 5.74) is 3.96. The normalized spacial score (nSPS) is 14.6. The molecule has 3 heterocycles. The number of ether oxygens (including phenoxy) is 1. The van der Waals surface area contributed by atoms with Crippen molar-refractivity contribution in [3.63, 3.8) is 0 Å². The number of nitrogens with one attached hydrogen (secondary N) is 1. The minimum absolute atomic E-state index is 0.417. The molecular weight excluding hydrogens is 404 g/mol. The molecule has 2 aromatic heterocycles. The number of aromatic nitrogens is 2. The van der Waals surface area contributed by atoms with E-state index in [4.69, 9.17) is 9.72 Å². The van der Waals surface area contributed by atoms with Crippen molar-refractivity contribution >= 4 is 28.6 Å². The molecule has 32 heavy (non-hydrogen) atoms. The zero-order valence-corrected chi connectivity index (χ0v) is 18.7. The van der Waals surface area contributed by atoms with Crippen LogP contribution in [0.15, 0.2) is 42.6 Å². The molecule has 0 fully saturated rings. The lowest BCUT2D eigenvalue weighted by atomic mass is 9.95. The maximum atomic E-state index is 13.4. The molecule has 0 aliphatic carbocycles. The summed E-state index contributed by atoms with van der Waals surface area (Å²) in [7, 11) is 0. The van der Waals surface area contributed by atoms with Crippen molar-refractivity contribution in [1.82, 2.24) is 14.9 Å². The summed E-state index contributed by atoms with van der Waals surface area (Å²) in [4.78, 5) is 37.4. The van der Waals surface area contributed by atoms with Crippen molar-refractivity contribution in [3.8, 4) is 0 Å². The predicted molar refractivity (Wildman–Crippen MR) is 123 cm³/mol. The van der Waals surface area contributed by atoms with E-state index in [9.17, 15) is 9.59 Å². The van der Waals surface area contributed by atoms with Crippen molar-refractivity contribution < 1.29 is 14.3 Å². The van der Waals surface area contributed by atoms with E-state index in [2.05, 4.69) is 22.1 Å². The van der Waals surface area contributed by atoms with Crippen LogP contribution in [0, 0.1) is 6.92 Å². The van der Waals surface area contributed by atoms with Gasteiger partial charge in [0.05, 0.1) is 11.1 Å². The maximum Gasteiger partial charge on any atom is 0.339 e. The quantitative estimate of drug-likeness (QED) is 0.595. The van der Waals surface area contributed by atoms with E-state index in [1.807, 2.05) is 37.3 Å². The van der Waals surface area contributed by atoms with Gasteiger partial charge in [-0.1, -0.05) is 31.2 Å². The third kappa shape index (κ3) is 4.48. The maximum absolute atomic E-state index is 13.4. The monoisotopic (exact) mass is 432 g/mol. The lowest BCUT2D eigenvalue weighted by molar-refractivity contribution is -0.123. The Morgan fingerprint density at radius 1 is 1.22 bits per heavy atom. The van der Waals surface area contributed by atoms with Gasteiger partial charge in [0.1, 0.15) is 5.82 Å². The first-order valence-electron chi connectivity index (χ1n) is 11.0. The first-order chi connectivity index (χ1) is 15.5. The average Bonchev–Trinajstić information content (AvgIpc) is 2.79. The molecule has 1 amide bonds. The van der Waals surface area contributed by atoms with Gasteiger partial charge in [0.15, 0.2) is 6.10 Å². The molecular formula is C25H28N4O3. The molecule has 0 bridgehead atoms. The molecule has 0 saturated carbocycles. The number of esters is 1. The minimum atomic E-state index is -0.971. The van der Waals surface area contributed by atoms with Gasteiger partial charge in [0, 0.05) is 42.4 Å². The van der Waals surface area contributed by atoms with E-state index in [1.165, 1.54) is 0 Å². The fourth-order valence-corrected chi connectivity index (χ4v) is 4.09. The molecule has 1 atom stereocenters. The molecule has 7 heteroatoms. The standard InChI is InChI=1S/C25H28N4O3/c1-4-13-29-14-11-21-19(15-29)22(18-9-5-6-10-20(18)27-21)25(31)32-17(3)24(30)28-23-16(2)8-7-12-26-23/h5-10,12,17H,4,11,13-15H2,1-3H3,(H,26,28,30). The van der Waals surface area contributed by atoms with Crippen molar-refractivity contribution in [3.05, 3.63) is 65.0 Å². The lowest BCUT2D eigenvalue weighted by Gasteiger charge is -2.29. The Balaban J connectivity index is 1.62. The van der Waals surface area contributed by atoms with Crippen molar-refractivity contribution in [2.24, 2.45) is 0 Å². The van der Waals surface area contributed by atoms with Crippen LogP contribution in [-0.2, 0) is 22.5 Å². The summed E-state index contributed by atoms with van der Waals surface area (Å²) < 4.78 is 5.65. The van der Waals surface area contributed by atoms with Gasteiger partial charge in [-0.15, -0.1) is 0 Å². The second-order valence-corrected chi connectivity index (χ2v) is 8.16. The number of carbonyl (C=O) groups excluding carboxylic acids is 2. The highest BCUT2D eigenvalue weighted by Crippen LogP contribution is 2.29. The molecule has 4 rings (SSSR count). The number of fused-ring (bicyclic) bond motifs is 2. The fourth-order valence-electron chi connectivity index (χ4n) is 4.09. The van der Waals surface area contributed by atoms with Crippen molar-refractivity contribution in [2.45, 2.75) is 46.3 Å². The summed E-state index contributed by atoms with van der Waals surface area (Å²) in [6.45, 7) is 8.11. The Morgan fingerprint density at radius 2 is 2.03 bits per heavy atom. The lowest BCUT2D eigenvalue weighted by Crippen LogP contribution is -2.34. The van der Waals surface area contributed by atoms with Crippen LogP contribution in [0.5, 0.6) is 0 Å². The number of benzene rings is 1. The zero-order valence-electron chi connectivity index (χ0n) is 18.7. The number of rotatable bonds is 6. The summed E-state index contributed by atoms with van der Waals surface area (Å²) in [6, 6.07) is 11.3. The molecule has 0 saturated heterocycles. The first kappa shape index (κ1) is 21.9. The summed E-state index contributed by atoms with van der Waals surface area (Å²) in [5.74, 6) is -0.457. The Kier molecular flexibility index (Phi) is 6.46. The van der Waals surface area contributed by atoms with Gasteiger partial charge in [-0.05, 0) is 44.5 Å². The second-order valence-electron chi connectivity index (χ2n) is 8.16. The number of para-hydroxylation sites is 1. The number of aryl methyl sites for hydroxylation is 1. The first-order valence-corrected chi connectivity index (χ1v) is 11.0. The molecule has 1 N–H and O–H groups in total. The van der Waals surface area contributed by atoms with E-state index in [0.717, 1.165) is 53.7 Å². The molecule has 1 aromatic carbocycles. The smallest absolute Gasteiger partial charge is 0.339 e. The van der Waals surface area contributed by atoms with Crippen molar-refractivity contribution in [1.29, 1.82) is 0 Å². The highest BCUT2D eigenvalue weighted by atomic mass is 16.5. The number of carbonyl (C=O) groups is 2. The highest BCUT2D eigenvalue weighted by molar-refractivity contribution is 6.06.